The molecule has 1 heterocycles. The van der Waals surface area contributed by atoms with Crippen LogP contribution in [0.25, 0.3) is 0 Å². The second-order valence-corrected chi connectivity index (χ2v) is 3.71. The lowest BCUT2D eigenvalue weighted by Crippen LogP contribution is -1.86. The molecule has 1 aromatic rings. The maximum absolute atomic E-state index is 5.46. The molecule has 1 aromatic carbocycles. The van der Waals surface area contributed by atoms with Crippen LogP contribution >= 0.6 is 15.9 Å². The van der Waals surface area contributed by atoms with Gasteiger partial charge in [-0.05, 0) is 30.2 Å². The summed E-state index contributed by atoms with van der Waals surface area (Å²) in [5.41, 5.74) is 2.64. The van der Waals surface area contributed by atoms with Crippen LogP contribution in [0.15, 0.2) is 22.7 Å². The minimum atomic E-state index is 0.276. The Morgan fingerprint density at radius 1 is 1.55 bits per heavy atom. The fourth-order valence-electron chi connectivity index (χ4n) is 1.40. The highest BCUT2D eigenvalue weighted by Crippen LogP contribution is 2.31. The molecule has 0 fully saturated rings. The van der Waals surface area contributed by atoms with Gasteiger partial charge in [0.2, 0.25) is 0 Å². The Morgan fingerprint density at radius 2 is 2.36 bits per heavy atom. The molecule has 0 radical (unpaired) electrons. The van der Waals surface area contributed by atoms with Crippen molar-refractivity contribution in [1.29, 1.82) is 0 Å². The molecule has 11 heavy (non-hydrogen) atoms. The number of fused-ring (bicyclic) bond motifs is 1. The Bertz CT molecular complexity index is 283. The van der Waals surface area contributed by atoms with Gasteiger partial charge >= 0.3 is 0 Å². The summed E-state index contributed by atoms with van der Waals surface area (Å²) in [6.45, 7) is 2.84. The van der Waals surface area contributed by atoms with E-state index in [9.17, 15) is 0 Å². The first-order chi connectivity index (χ1) is 5.27. The van der Waals surface area contributed by atoms with E-state index >= 15 is 0 Å². The Labute approximate surface area is 74.5 Å². The first-order valence-electron chi connectivity index (χ1n) is 3.67. The maximum atomic E-state index is 5.46. The van der Waals surface area contributed by atoms with Gasteiger partial charge in [-0.3, -0.25) is 0 Å². The quantitative estimate of drug-likeness (QED) is 0.643. The summed E-state index contributed by atoms with van der Waals surface area (Å²) < 4.78 is 6.59. The van der Waals surface area contributed by atoms with Gasteiger partial charge in [-0.15, -0.1) is 0 Å². The average molecular weight is 213 g/mol. The molecule has 0 saturated heterocycles. The highest BCUT2D eigenvalue weighted by atomic mass is 79.9. The van der Waals surface area contributed by atoms with Crippen molar-refractivity contribution < 1.29 is 4.74 Å². The second-order valence-electron chi connectivity index (χ2n) is 2.80. The third kappa shape index (κ3) is 1.21. The van der Waals surface area contributed by atoms with E-state index in [1.54, 1.807) is 0 Å². The highest BCUT2D eigenvalue weighted by molar-refractivity contribution is 9.10. The monoisotopic (exact) mass is 212 g/mol. The lowest BCUT2D eigenvalue weighted by molar-refractivity contribution is 0.0796. The lowest BCUT2D eigenvalue weighted by Gasteiger charge is -2.01. The molecule has 1 atom stereocenters. The van der Waals surface area contributed by atoms with Gasteiger partial charge in [-0.25, -0.2) is 0 Å². The molecule has 1 unspecified atom stereocenters. The normalized spacial score (nSPS) is 21.8. The summed E-state index contributed by atoms with van der Waals surface area (Å²) in [4.78, 5) is 0. The van der Waals surface area contributed by atoms with E-state index in [2.05, 4.69) is 41.1 Å². The number of hydrogen-bond donors (Lipinski definition) is 0. The van der Waals surface area contributed by atoms with Crippen molar-refractivity contribution in [3.63, 3.8) is 0 Å². The van der Waals surface area contributed by atoms with Crippen molar-refractivity contribution in [1.82, 2.24) is 0 Å². The highest BCUT2D eigenvalue weighted by Gasteiger charge is 2.18. The maximum Gasteiger partial charge on any atom is 0.0804 e. The zero-order valence-corrected chi connectivity index (χ0v) is 7.89. The van der Waals surface area contributed by atoms with Crippen LogP contribution in [0.4, 0.5) is 0 Å². The summed E-state index contributed by atoms with van der Waals surface area (Å²) in [6, 6.07) is 6.31. The molecule has 1 aliphatic heterocycles. The molecule has 1 aliphatic rings. The van der Waals surface area contributed by atoms with Crippen molar-refractivity contribution in [2.24, 2.45) is 0 Å². The van der Waals surface area contributed by atoms with Crippen LogP contribution in [-0.2, 0) is 11.3 Å². The summed E-state index contributed by atoms with van der Waals surface area (Å²) in [6.07, 6.45) is 0.276. The zero-order valence-electron chi connectivity index (χ0n) is 6.30. The van der Waals surface area contributed by atoms with Crippen LogP contribution in [0.5, 0.6) is 0 Å². The van der Waals surface area contributed by atoms with E-state index in [-0.39, 0.29) is 6.10 Å². The number of benzene rings is 1. The molecule has 1 nitrogen and oxygen atoms in total. The minimum Gasteiger partial charge on any atom is -0.369 e. The van der Waals surface area contributed by atoms with Crippen LogP contribution in [0.1, 0.15) is 24.2 Å². The van der Waals surface area contributed by atoms with Gasteiger partial charge in [-0.2, -0.15) is 0 Å². The standard InChI is InChI=1S/C9H9BrO/c1-6-9-3-2-8(10)4-7(9)5-11-6/h2-4,6H,5H2,1H3. The number of rotatable bonds is 0. The zero-order chi connectivity index (χ0) is 7.84. The molecule has 0 spiro atoms. The van der Waals surface area contributed by atoms with Crippen molar-refractivity contribution in [3.8, 4) is 0 Å². The Hall–Kier alpha value is -0.340. The third-order valence-electron chi connectivity index (χ3n) is 2.03. The van der Waals surface area contributed by atoms with Crippen molar-refractivity contribution >= 4 is 15.9 Å². The molecular formula is C9H9BrO. The van der Waals surface area contributed by atoms with Gasteiger partial charge in [0.25, 0.3) is 0 Å². The molecule has 2 heteroatoms. The first kappa shape index (κ1) is 7.32. The van der Waals surface area contributed by atoms with Crippen LogP contribution in [-0.4, -0.2) is 0 Å². The van der Waals surface area contributed by atoms with Gasteiger partial charge in [0.15, 0.2) is 0 Å². The minimum absolute atomic E-state index is 0.276. The average Bonchev–Trinajstić information content (AvgIpc) is 2.32. The summed E-state index contributed by atoms with van der Waals surface area (Å²) in [5, 5.41) is 0. The van der Waals surface area contributed by atoms with Crippen LogP contribution in [0, 0.1) is 0 Å². The fourth-order valence-corrected chi connectivity index (χ4v) is 1.81. The first-order valence-corrected chi connectivity index (χ1v) is 4.46. The van der Waals surface area contributed by atoms with Crippen molar-refractivity contribution in [3.05, 3.63) is 33.8 Å². The number of hydrogen-bond acceptors (Lipinski definition) is 1. The second kappa shape index (κ2) is 2.61. The smallest absolute Gasteiger partial charge is 0.0804 e. The van der Waals surface area contributed by atoms with Crippen LogP contribution in [0.2, 0.25) is 0 Å². The molecular weight excluding hydrogens is 204 g/mol. The van der Waals surface area contributed by atoms with Gasteiger partial charge in [0, 0.05) is 4.47 Å². The molecule has 0 aliphatic carbocycles. The van der Waals surface area contributed by atoms with E-state index < -0.39 is 0 Å². The van der Waals surface area contributed by atoms with Crippen molar-refractivity contribution in [2.75, 3.05) is 0 Å². The van der Waals surface area contributed by atoms with Crippen molar-refractivity contribution in [2.45, 2.75) is 19.6 Å². The van der Waals surface area contributed by atoms with E-state index in [0.717, 1.165) is 11.1 Å². The van der Waals surface area contributed by atoms with E-state index in [4.69, 9.17) is 4.74 Å². The molecule has 0 amide bonds. The predicted octanol–water partition coefficient (Wildman–Crippen LogP) is 3.04. The summed E-state index contributed by atoms with van der Waals surface area (Å²) in [5.74, 6) is 0. The fraction of sp³-hybridized carbons (Fsp3) is 0.333. The topological polar surface area (TPSA) is 9.23 Å². The Kier molecular flexibility index (Phi) is 1.74. The molecule has 2 rings (SSSR count). The van der Waals surface area contributed by atoms with E-state index in [1.165, 1.54) is 11.1 Å². The van der Waals surface area contributed by atoms with Gasteiger partial charge < -0.3 is 4.74 Å². The molecule has 58 valence electrons. The number of ether oxygens (including phenoxy) is 1. The largest absolute Gasteiger partial charge is 0.369 e. The SMILES string of the molecule is CC1OCc2cc(Br)ccc21. The van der Waals surface area contributed by atoms with Crippen LogP contribution in [0.3, 0.4) is 0 Å². The molecule has 0 N–H and O–H groups in total. The van der Waals surface area contributed by atoms with Gasteiger partial charge in [-0.1, -0.05) is 22.0 Å². The van der Waals surface area contributed by atoms with Gasteiger partial charge in [0.05, 0.1) is 12.7 Å². The lowest BCUT2D eigenvalue weighted by atomic mass is 10.1. The summed E-state index contributed by atoms with van der Waals surface area (Å²) in [7, 11) is 0. The van der Waals surface area contributed by atoms with Gasteiger partial charge in [0.1, 0.15) is 0 Å². The molecule has 0 bridgehead atoms. The van der Waals surface area contributed by atoms with Crippen LogP contribution < -0.4 is 0 Å². The predicted molar refractivity (Wildman–Crippen MR) is 47.3 cm³/mol. The summed E-state index contributed by atoms with van der Waals surface area (Å²) >= 11 is 3.43. The van der Waals surface area contributed by atoms with E-state index in [0.29, 0.717) is 0 Å². The van der Waals surface area contributed by atoms with E-state index in [1.807, 2.05) is 0 Å². The Balaban J connectivity index is 2.50. The number of halogens is 1. The molecule has 0 aromatic heterocycles. The Morgan fingerprint density at radius 3 is 3.18 bits per heavy atom. The third-order valence-corrected chi connectivity index (χ3v) is 2.53. The molecule has 0 saturated carbocycles.